The molecule has 1 aromatic rings. The third-order valence-electron chi connectivity index (χ3n) is 7.82. The molecule has 2 saturated carbocycles. The summed E-state index contributed by atoms with van der Waals surface area (Å²) in [5, 5.41) is 22.5. The smallest absolute Gasteiger partial charge is 0.235 e. The Labute approximate surface area is 208 Å². The van der Waals surface area contributed by atoms with E-state index in [0.29, 0.717) is 24.2 Å². The number of ketones is 4. The van der Waals surface area contributed by atoms with Crippen molar-refractivity contribution in [2.45, 2.75) is 31.4 Å². The zero-order valence-electron chi connectivity index (χ0n) is 20.6. The van der Waals surface area contributed by atoms with Gasteiger partial charge in [0.15, 0.2) is 34.7 Å². The maximum absolute atomic E-state index is 13.8. The van der Waals surface area contributed by atoms with Crippen molar-refractivity contribution in [1.82, 2.24) is 4.90 Å². The van der Waals surface area contributed by atoms with E-state index in [1.54, 1.807) is 6.08 Å². The summed E-state index contributed by atoms with van der Waals surface area (Å²) < 4.78 is 0. The van der Waals surface area contributed by atoms with Gasteiger partial charge >= 0.3 is 0 Å². The van der Waals surface area contributed by atoms with E-state index in [9.17, 15) is 34.2 Å². The maximum Gasteiger partial charge on any atom is 0.235 e. The van der Waals surface area contributed by atoms with Gasteiger partial charge in [0.1, 0.15) is 5.75 Å². The highest BCUT2D eigenvalue weighted by atomic mass is 16.3. The number of carbonyl (C=O) groups is 5. The molecule has 2 fully saturated rings. The second-order valence-electron chi connectivity index (χ2n) is 10.4. The zero-order chi connectivity index (χ0) is 26.7. The van der Waals surface area contributed by atoms with Crippen molar-refractivity contribution in [2.24, 2.45) is 29.4 Å². The maximum atomic E-state index is 13.8. The number of nitrogens with zero attached hydrogens (tertiary/aromatic N) is 2. The van der Waals surface area contributed by atoms with Gasteiger partial charge in [-0.15, -0.1) is 6.58 Å². The fourth-order valence-corrected chi connectivity index (χ4v) is 6.16. The van der Waals surface area contributed by atoms with Crippen LogP contribution in [0.2, 0.25) is 0 Å². The number of hydrogen-bond acceptors (Lipinski definition) is 9. The number of carbonyl (C=O) groups excluding carboxylic acids is 5. The van der Waals surface area contributed by atoms with Crippen molar-refractivity contribution < 1.29 is 34.2 Å². The predicted molar refractivity (Wildman–Crippen MR) is 129 cm³/mol. The number of aliphatic hydroxyl groups is 1. The number of aromatic hydroxyl groups is 1. The van der Waals surface area contributed by atoms with Crippen LogP contribution in [0.25, 0.3) is 0 Å². The Kier molecular flexibility index (Phi) is 6.38. The molecule has 0 spiro atoms. The number of benzene rings is 1. The Morgan fingerprint density at radius 2 is 1.86 bits per heavy atom. The Morgan fingerprint density at radius 1 is 1.19 bits per heavy atom. The number of phenols is 1. The number of likely N-dealkylation sites (N-methyl/N-ethyl adjacent to an activating group) is 1. The van der Waals surface area contributed by atoms with Gasteiger partial charge in [-0.05, 0) is 37.4 Å². The molecule has 3 aliphatic rings. The van der Waals surface area contributed by atoms with Crippen LogP contribution in [0.1, 0.15) is 34.3 Å². The summed E-state index contributed by atoms with van der Waals surface area (Å²) in [5.74, 6) is -10.1. The van der Waals surface area contributed by atoms with Gasteiger partial charge in [-0.2, -0.15) is 0 Å². The van der Waals surface area contributed by atoms with E-state index in [0.717, 1.165) is 5.69 Å². The summed E-state index contributed by atoms with van der Waals surface area (Å²) in [6.45, 7) is 4.56. The molecule has 4 rings (SSSR count). The first-order valence-corrected chi connectivity index (χ1v) is 11.9. The number of fused-ring (bicyclic) bond motifs is 3. The molecule has 0 aromatic heterocycles. The Hall–Kier alpha value is -3.37. The third kappa shape index (κ3) is 3.67. The van der Waals surface area contributed by atoms with Crippen LogP contribution >= 0.6 is 0 Å². The molecule has 192 valence electrons. The summed E-state index contributed by atoms with van der Waals surface area (Å²) >= 11 is 0. The molecule has 0 bridgehead atoms. The van der Waals surface area contributed by atoms with Crippen molar-refractivity contribution in [3.05, 3.63) is 35.4 Å². The number of nitrogens with two attached hydrogens (primary N) is 1. The number of Topliss-reactive ketones (excluding diaryl/α,β-unsaturated/α-hetero) is 4. The first kappa shape index (κ1) is 25.7. The molecule has 10 nitrogen and oxygen atoms in total. The van der Waals surface area contributed by atoms with Gasteiger partial charge in [-0.3, -0.25) is 28.9 Å². The largest absolute Gasteiger partial charge is 0.507 e. The molecule has 0 saturated heterocycles. The molecule has 0 radical (unpaired) electrons. The lowest BCUT2D eigenvalue weighted by Crippen LogP contribution is -2.68. The summed E-state index contributed by atoms with van der Waals surface area (Å²) in [7, 11) is 5.46. The lowest BCUT2D eigenvalue weighted by molar-refractivity contribution is -0.175. The highest BCUT2D eigenvalue weighted by Crippen LogP contribution is 2.51. The summed E-state index contributed by atoms with van der Waals surface area (Å²) in [4.78, 5) is 68.5. The molecular formula is C26H31N3O7. The molecule has 0 heterocycles. The minimum Gasteiger partial charge on any atom is -0.507 e. The van der Waals surface area contributed by atoms with Crippen molar-refractivity contribution in [1.29, 1.82) is 0 Å². The molecule has 3 aliphatic carbocycles. The summed E-state index contributed by atoms with van der Waals surface area (Å²) in [5.41, 5.74) is 4.37. The van der Waals surface area contributed by atoms with Crippen molar-refractivity contribution >= 4 is 34.7 Å². The second-order valence-corrected chi connectivity index (χ2v) is 10.4. The zero-order valence-corrected chi connectivity index (χ0v) is 20.6. The molecule has 4 N–H and O–H groups in total. The van der Waals surface area contributed by atoms with E-state index in [4.69, 9.17) is 5.73 Å². The van der Waals surface area contributed by atoms with E-state index in [1.807, 2.05) is 37.0 Å². The van der Waals surface area contributed by atoms with Gasteiger partial charge in [0.25, 0.3) is 0 Å². The van der Waals surface area contributed by atoms with Crippen LogP contribution in [0.3, 0.4) is 0 Å². The lowest BCUT2D eigenvalue weighted by Gasteiger charge is -2.48. The Morgan fingerprint density at radius 3 is 2.44 bits per heavy atom. The number of rotatable bonds is 6. The number of anilines is 1. The summed E-state index contributed by atoms with van der Waals surface area (Å²) in [6, 6.07) is 1.81. The van der Waals surface area contributed by atoms with Gasteiger partial charge in [0, 0.05) is 50.8 Å². The van der Waals surface area contributed by atoms with Gasteiger partial charge < -0.3 is 20.8 Å². The Balaban J connectivity index is 1.82. The van der Waals surface area contributed by atoms with Crippen LogP contribution in [0.15, 0.2) is 18.7 Å². The first-order valence-electron chi connectivity index (χ1n) is 11.9. The van der Waals surface area contributed by atoms with Gasteiger partial charge in [0.2, 0.25) is 5.91 Å². The number of amides is 1. The van der Waals surface area contributed by atoms with Crippen molar-refractivity contribution in [2.75, 3.05) is 32.6 Å². The quantitative estimate of drug-likeness (QED) is 0.364. The molecule has 5 atom stereocenters. The molecule has 10 heteroatoms. The fraction of sp³-hybridized carbons (Fsp3) is 0.500. The third-order valence-corrected chi connectivity index (χ3v) is 7.82. The highest BCUT2D eigenvalue weighted by molar-refractivity contribution is 6.31. The predicted octanol–water partition coefficient (Wildman–Crippen LogP) is 0.0107. The topological polar surface area (TPSA) is 158 Å². The van der Waals surface area contributed by atoms with Crippen molar-refractivity contribution in [3.63, 3.8) is 0 Å². The number of phenolic OH excluding ortho intramolecular Hbond substituents is 1. The molecular weight excluding hydrogens is 466 g/mol. The molecule has 0 aliphatic heterocycles. The minimum atomic E-state index is -2.65. The number of primary amides is 1. The monoisotopic (exact) mass is 497 g/mol. The van der Waals surface area contributed by atoms with Crippen molar-refractivity contribution in [3.8, 4) is 5.75 Å². The molecule has 1 aromatic carbocycles. The van der Waals surface area contributed by atoms with Crippen LogP contribution in [0.5, 0.6) is 5.75 Å². The standard InChI is InChI=1S/C26H31N3O7/c1-5-6-29(4)11-13-9-16(28(2)3)15-8-12-7-14-10-17(30)20(25(27)35)24(34)26(14,36)23(33)18(12)22(32)19(15)21(13)31/h5,9,12,14,18,20,31,36H,1,6-8,10-11H2,2-4H3,(H2,27,35)/t12-,14+,18?,20?,26+/m1/s1. The van der Waals surface area contributed by atoms with Crippen LogP contribution in [0.4, 0.5) is 5.69 Å². The molecule has 2 unspecified atom stereocenters. The van der Waals surface area contributed by atoms with E-state index in [2.05, 4.69) is 6.58 Å². The molecule has 36 heavy (non-hydrogen) atoms. The van der Waals surface area contributed by atoms with Gasteiger partial charge in [0.05, 0.1) is 11.5 Å². The van der Waals surface area contributed by atoms with Gasteiger partial charge in [-0.25, -0.2) is 0 Å². The highest BCUT2D eigenvalue weighted by Gasteiger charge is 2.66. The van der Waals surface area contributed by atoms with E-state index in [-0.39, 0.29) is 30.6 Å². The van der Waals surface area contributed by atoms with Crippen LogP contribution in [0, 0.1) is 23.7 Å². The SMILES string of the molecule is C=CCN(C)Cc1cc(N(C)C)c2c(c1O)C(=O)C1C(=O)[C@]3(O)C(=O)C(C(N)=O)C(=O)C[C@@H]3C[C@@H]1C2. The van der Waals surface area contributed by atoms with E-state index >= 15 is 0 Å². The van der Waals surface area contributed by atoms with Crippen LogP contribution in [-0.4, -0.2) is 77.4 Å². The fourth-order valence-electron chi connectivity index (χ4n) is 6.16. The second kappa shape index (κ2) is 8.94. The Bertz CT molecular complexity index is 1210. The molecule has 1 amide bonds. The van der Waals surface area contributed by atoms with Gasteiger partial charge in [-0.1, -0.05) is 6.08 Å². The minimum absolute atomic E-state index is 0.00522. The normalized spacial score (nSPS) is 29.5. The first-order chi connectivity index (χ1) is 16.8. The van der Waals surface area contributed by atoms with Crippen LogP contribution in [-0.2, 0) is 32.1 Å². The number of hydrogen-bond donors (Lipinski definition) is 3. The summed E-state index contributed by atoms with van der Waals surface area (Å²) in [6.07, 6.45) is 1.67. The average molecular weight is 498 g/mol. The van der Waals surface area contributed by atoms with E-state index < -0.39 is 58.3 Å². The van der Waals surface area contributed by atoms with Crippen LogP contribution < -0.4 is 10.6 Å². The van der Waals surface area contributed by atoms with E-state index in [1.165, 1.54) is 0 Å². The average Bonchev–Trinajstić information content (AvgIpc) is 2.77. The lowest BCUT2D eigenvalue weighted by atomic mass is 9.53.